The lowest BCUT2D eigenvalue weighted by atomic mass is 9.89. The van der Waals surface area contributed by atoms with Gasteiger partial charge in [0.05, 0.1) is 11.3 Å². The van der Waals surface area contributed by atoms with Crippen molar-refractivity contribution in [3.05, 3.63) is 58.9 Å². The molecule has 0 atom stereocenters. The number of likely N-dealkylation sites (tertiary alicyclic amines) is 1. The zero-order valence-corrected chi connectivity index (χ0v) is 19.4. The Morgan fingerprint density at radius 3 is 2.52 bits per heavy atom. The standard InChI is InChI=1S/C25H36N4O2/c1-19-6-11-23(25(30)26-14-5-17-31-4)24(27-19)21-12-15-29(16-13-21)18-20-7-9-22(10-8-20)28(2)3/h6-11,21H,5,12-18H2,1-4H3,(H,26,30). The van der Waals surface area contributed by atoms with Crippen molar-refractivity contribution in [2.75, 3.05) is 52.3 Å². The number of nitrogens with one attached hydrogen (secondary N) is 1. The Morgan fingerprint density at radius 2 is 1.87 bits per heavy atom. The number of amides is 1. The van der Waals surface area contributed by atoms with E-state index in [0.717, 1.165) is 55.8 Å². The summed E-state index contributed by atoms with van der Waals surface area (Å²) in [5.41, 5.74) is 5.21. The number of hydrogen-bond donors (Lipinski definition) is 1. The Morgan fingerprint density at radius 1 is 1.16 bits per heavy atom. The van der Waals surface area contributed by atoms with E-state index in [9.17, 15) is 4.79 Å². The number of aromatic nitrogens is 1. The number of pyridine rings is 1. The zero-order valence-electron chi connectivity index (χ0n) is 19.4. The minimum atomic E-state index is -0.0259. The molecule has 1 aliphatic heterocycles. The average Bonchev–Trinajstić information content (AvgIpc) is 2.77. The average molecular weight is 425 g/mol. The van der Waals surface area contributed by atoms with Crippen molar-refractivity contribution in [2.24, 2.45) is 0 Å². The fourth-order valence-corrected chi connectivity index (χ4v) is 4.12. The number of methoxy groups -OCH3 is 1. The molecule has 168 valence electrons. The van der Waals surface area contributed by atoms with Gasteiger partial charge in [-0.15, -0.1) is 0 Å². The number of ether oxygens (including phenoxy) is 1. The molecular formula is C25H36N4O2. The van der Waals surface area contributed by atoms with Crippen molar-refractivity contribution < 1.29 is 9.53 Å². The maximum atomic E-state index is 12.8. The molecule has 1 fully saturated rings. The number of aryl methyl sites for hydroxylation is 1. The highest BCUT2D eigenvalue weighted by atomic mass is 16.5. The van der Waals surface area contributed by atoms with Crippen LogP contribution in [0.15, 0.2) is 36.4 Å². The largest absolute Gasteiger partial charge is 0.385 e. The van der Waals surface area contributed by atoms with Gasteiger partial charge in [-0.1, -0.05) is 12.1 Å². The van der Waals surface area contributed by atoms with E-state index in [0.29, 0.717) is 19.1 Å². The highest BCUT2D eigenvalue weighted by molar-refractivity contribution is 5.95. The van der Waals surface area contributed by atoms with Crippen molar-refractivity contribution in [2.45, 2.75) is 38.6 Å². The van der Waals surface area contributed by atoms with Gasteiger partial charge < -0.3 is 15.0 Å². The molecule has 3 rings (SSSR count). The van der Waals surface area contributed by atoms with Crippen LogP contribution in [0.4, 0.5) is 5.69 Å². The number of benzene rings is 1. The van der Waals surface area contributed by atoms with E-state index in [1.807, 2.05) is 19.1 Å². The molecule has 6 nitrogen and oxygen atoms in total. The van der Waals surface area contributed by atoms with Crippen molar-refractivity contribution in [3.63, 3.8) is 0 Å². The van der Waals surface area contributed by atoms with Crippen LogP contribution in [0.1, 0.15) is 52.5 Å². The highest BCUT2D eigenvalue weighted by Gasteiger charge is 2.26. The van der Waals surface area contributed by atoms with Gasteiger partial charge in [-0.25, -0.2) is 0 Å². The molecule has 1 aromatic heterocycles. The van der Waals surface area contributed by atoms with Crippen LogP contribution >= 0.6 is 0 Å². The Hall–Kier alpha value is -2.44. The predicted octanol–water partition coefficient (Wildman–Crippen LogP) is 3.60. The van der Waals surface area contributed by atoms with Crippen LogP contribution in [0.5, 0.6) is 0 Å². The fraction of sp³-hybridized carbons (Fsp3) is 0.520. The molecular weight excluding hydrogens is 388 g/mol. The second-order valence-corrected chi connectivity index (χ2v) is 8.60. The lowest BCUT2D eigenvalue weighted by Gasteiger charge is -2.32. The lowest BCUT2D eigenvalue weighted by molar-refractivity contribution is 0.0945. The van der Waals surface area contributed by atoms with Crippen LogP contribution in [0.3, 0.4) is 0 Å². The summed E-state index contributed by atoms with van der Waals surface area (Å²) in [7, 11) is 5.80. The number of rotatable bonds is 9. The second-order valence-electron chi connectivity index (χ2n) is 8.60. The number of nitrogens with zero attached hydrogens (tertiary/aromatic N) is 3. The first-order chi connectivity index (χ1) is 15.0. The van der Waals surface area contributed by atoms with Gasteiger partial charge in [0.25, 0.3) is 5.91 Å². The summed E-state index contributed by atoms with van der Waals surface area (Å²) in [4.78, 5) is 22.2. The molecule has 0 radical (unpaired) electrons. The molecule has 1 aliphatic rings. The molecule has 1 saturated heterocycles. The van der Waals surface area contributed by atoms with Crippen molar-refractivity contribution in [1.29, 1.82) is 0 Å². The predicted molar refractivity (Wildman–Crippen MR) is 126 cm³/mol. The van der Waals surface area contributed by atoms with Crippen molar-refractivity contribution in [1.82, 2.24) is 15.2 Å². The molecule has 2 aromatic rings. The third kappa shape index (κ3) is 6.52. The van der Waals surface area contributed by atoms with Gasteiger partial charge in [0.15, 0.2) is 0 Å². The Balaban J connectivity index is 1.59. The van der Waals surface area contributed by atoms with Crippen LogP contribution in [0, 0.1) is 6.92 Å². The summed E-state index contributed by atoms with van der Waals surface area (Å²) in [5.74, 6) is 0.300. The van der Waals surface area contributed by atoms with Gasteiger partial charge in [-0.3, -0.25) is 14.7 Å². The summed E-state index contributed by atoms with van der Waals surface area (Å²) in [5, 5.41) is 3.01. The molecule has 2 heterocycles. The quantitative estimate of drug-likeness (QED) is 0.624. The first-order valence-corrected chi connectivity index (χ1v) is 11.2. The Bertz CT molecular complexity index is 843. The van der Waals surface area contributed by atoms with Crippen LogP contribution in [-0.2, 0) is 11.3 Å². The molecule has 0 aliphatic carbocycles. The molecule has 0 unspecified atom stereocenters. The third-order valence-electron chi connectivity index (χ3n) is 5.95. The number of carbonyl (C=O) groups excluding carboxylic acids is 1. The normalized spacial score (nSPS) is 15.1. The fourth-order valence-electron chi connectivity index (χ4n) is 4.12. The summed E-state index contributed by atoms with van der Waals surface area (Å²) >= 11 is 0. The van der Waals surface area contributed by atoms with E-state index < -0.39 is 0 Å². The Kier molecular flexibility index (Phi) is 8.43. The maximum absolute atomic E-state index is 12.8. The van der Waals surface area contributed by atoms with E-state index in [1.54, 1.807) is 7.11 Å². The summed E-state index contributed by atoms with van der Waals surface area (Å²) in [6.07, 6.45) is 2.86. The maximum Gasteiger partial charge on any atom is 0.253 e. The van der Waals surface area contributed by atoms with Gasteiger partial charge in [0.1, 0.15) is 0 Å². The number of hydrogen-bond acceptors (Lipinski definition) is 5. The molecule has 6 heteroatoms. The Labute approximate surface area is 186 Å². The van der Waals surface area contributed by atoms with Crippen molar-refractivity contribution >= 4 is 11.6 Å². The number of piperidine rings is 1. The summed E-state index contributed by atoms with van der Waals surface area (Å²) < 4.78 is 5.06. The highest BCUT2D eigenvalue weighted by Crippen LogP contribution is 2.30. The van der Waals surface area contributed by atoms with Gasteiger partial charge in [-0.2, -0.15) is 0 Å². The summed E-state index contributed by atoms with van der Waals surface area (Å²) in [6.45, 7) is 6.26. The molecule has 0 saturated carbocycles. The minimum Gasteiger partial charge on any atom is -0.385 e. The first-order valence-electron chi connectivity index (χ1n) is 11.2. The van der Waals surface area contributed by atoms with E-state index in [2.05, 4.69) is 53.5 Å². The summed E-state index contributed by atoms with van der Waals surface area (Å²) in [6, 6.07) is 12.7. The van der Waals surface area contributed by atoms with E-state index in [-0.39, 0.29) is 5.91 Å². The van der Waals surface area contributed by atoms with Crippen LogP contribution in [-0.4, -0.2) is 63.2 Å². The first kappa shape index (κ1) is 23.2. The SMILES string of the molecule is COCCCNC(=O)c1ccc(C)nc1C1CCN(Cc2ccc(N(C)C)cc2)CC1. The number of carbonyl (C=O) groups is 1. The molecule has 1 aromatic carbocycles. The third-order valence-corrected chi connectivity index (χ3v) is 5.95. The van der Waals surface area contributed by atoms with Crippen molar-refractivity contribution in [3.8, 4) is 0 Å². The van der Waals surface area contributed by atoms with E-state index in [4.69, 9.17) is 9.72 Å². The second kappa shape index (κ2) is 11.3. The molecule has 0 bridgehead atoms. The monoisotopic (exact) mass is 424 g/mol. The molecule has 0 spiro atoms. The van der Waals surface area contributed by atoms with Gasteiger partial charge in [-0.05, 0) is 69.1 Å². The van der Waals surface area contributed by atoms with Gasteiger partial charge >= 0.3 is 0 Å². The lowest BCUT2D eigenvalue weighted by Crippen LogP contribution is -2.34. The van der Waals surface area contributed by atoms with Crippen LogP contribution in [0.2, 0.25) is 0 Å². The smallest absolute Gasteiger partial charge is 0.253 e. The van der Waals surface area contributed by atoms with Crippen LogP contribution < -0.4 is 10.2 Å². The zero-order chi connectivity index (χ0) is 22.2. The van der Waals surface area contributed by atoms with Gasteiger partial charge in [0, 0.05) is 58.2 Å². The van der Waals surface area contributed by atoms with E-state index in [1.165, 1.54) is 11.3 Å². The number of anilines is 1. The molecule has 31 heavy (non-hydrogen) atoms. The van der Waals surface area contributed by atoms with Gasteiger partial charge in [0.2, 0.25) is 0 Å². The molecule has 1 N–H and O–H groups in total. The topological polar surface area (TPSA) is 57.7 Å². The minimum absolute atomic E-state index is 0.0259. The van der Waals surface area contributed by atoms with Crippen LogP contribution in [0.25, 0.3) is 0 Å². The van der Waals surface area contributed by atoms with E-state index >= 15 is 0 Å². The molecule has 1 amide bonds.